The van der Waals surface area contributed by atoms with Crippen LogP contribution in [0, 0.1) is 17.5 Å². The van der Waals surface area contributed by atoms with Crippen LogP contribution in [0.4, 0.5) is 13.2 Å². The summed E-state index contributed by atoms with van der Waals surface area (Å²) in [6.07, 6.45) is 0.987. The van der Waals surface area contributed by atoms with Crippen molar-refractivity contribution in [1.29, 1.82) is 0 Å². The van der Waals surface area contributed by atoms with Crippen LogP contribution in [0.15, 0.2) is 46.2 Å². The Kier molecular flexibility index (Phi) is 5.70. The molecule has 0 atom stereocenters. The minimum Gasteiger partial charge on any atom is -0.313 e. The molecule has 0 aromatic heterocycles. The van der Waals surface area contributed by atoms with E-state index >= 15 is 0 Å². The Balaban J connectivity index is 2.19. The second-order valence-electron chi connectivity index (χ2n) is 4.61. The molecule has 0 unspecified atom stereocenters. The van der Waals surface area contributed by atoms with E-state index < -0.39 is 11.6 Å². The van der Waals surface area contributed by atoms with E-state index in [4.69, 9.17) is 0 Å². The zero-order valence-electron chi connectivity index (χ0n) is 11.6. The van der Waals surface area contributed by atoms with Crippen LogP contribution in [0.2, 0.25) is 0 Å². The topological polar surface area (TPSA) is 12.0 Å². The number of nitrogens with one attached hydrogen (secondary N) is 1. The lowest BCUT2D eigenvalue weighted by Crippen LogP contribution is -2.14. The van der Waals surface area contributed by atoms with Gasteiger partial charge in [0.1, 0.15) is 5.82 Å². The number of rotatable bonds is 6. The van der Waals surface area contributed by atoms with E-state index in [-0.39, 0.29) is 5.82 Å². The van der Waals surface area contributed by atoms with Gasteiger partial charge in [0.15, 0.2) is 11.6 Å². The first-order valence-electron chi connectivity index (χ1n) is 6.72. The number of hydrogen-bond donors (Lipinski definition) is 1. The van der Waals surface area contributed by atoms with Crippen molar-refractivity contribution in [2.45, 2.75) is 29.7 Å². The van der Waals surface area contributed by atoms with Gasteiger partial charge in [-0.3, -0.25) is 0 Å². The van der Waals surface area contributed by atoms with Crippen LogP contribution in [0.25, 0.3) is 0 Å². The first-order valence-corrected chi connectivity index (χ1v) is 7.54. The number of halogens is 3. The van der Waals surface area contributed by atoms with Crippen molar-refractivity contribution < 1.29 is 13.2 Å². The van der Waals surface area contributed by atoms with Crippen molar-refractivity contribution in [3.05, 3.63) is 59.4 Å². The summed E-state index contributed by atoms with van der Waals surface area (Å²) in [4.78, 5) is 1.41. The zero-order valence-corrected chi connectivity index (χ0v) is 12.4. The van der Waals surface area contributed by atoms with Gasteiger partial charge >= 0.3 is 0 Å². The van der Waals surface area contributed by atoms with Crippen LogP contribution < -0.4 is 5.32 Å². The van der Waals surface area contributed by atoms with Crippen LogP contribution in [0.1, 0.15) is 18.9 Å². The summed E-state index contributed by atoms with van der Waals surface area (Å²) in [6, 6.07) is 8.24. The van der Waals surface area contributed by atoms with Gasteiger partial charge in [0, 0.05) is 16.3 Å². The summed E-state index contributed by atoms with van der Waals surface area (Å²) in [5.41, 5.74) is 0.804. The second kappa shape index (κ2) is 7.52. The monoisotopic (exact) mass is 311 g/mol. The van der Waals surface area contributed by atoms with E-state index in [0.29, 0.717) is 11.4 Å². The maximum absolute atomic E-state index is 13.4. The Morgan fingerprint density at radius 3 is 2.52 bits per heavy atom. The third kappa shape index (κ3) is 4.51. The Hall–Kier alpha value is -1.46. The summed E-state index contributed by atoms with van der Waals surface area (Å²) in [5.74, 6) is -2.06. The van der Waals surface area contributed by atoms with Crippen LogP contribution in [-0.4, -0.2) is 6.54 Å². The normalized spacial score (nSPS) is 10.9. The van der Waals surface area contributed by atoms with Crippen molar-refractivity contribution in [1.82, 2.24) is 5.32 Å². The molecule has 0 radical (unpaired) electrons. The lowest BCUT2D eigenvalue weighted by molar-refractivity contribution is 0.506. The Labute approximate surface area is 126 Å². The highest BCUT2D eigenvalue weighted by Gasteiger charge is 2.08. The molecule has 2 aromatic rings. The number of benzene rings is 2. The molecule has 0 aliphatic carbocycles. The molecule has 0 bridgehead atoms. The van der Waals surface area contributed by atoms with Gasteiger partial charge in [-0.1, -0.05) is 18.7 Å². The van der Waals surface area contributed by atoms with Crippen molar-refractivity contribution in [2.75, 3.05) is 6.54 Å². The zero-order chi connectivity index (χ0) is 15.2. The third-order valence-electron chi connectivity index (χ3n) is 2.88. The quantitative estimate of drug-likeness (QED) is 0.772. The Bertz CT molecular complexity index is 616. The molecule has 0 amide bonds. The fourth-order valence-corrected chi connectivity index (χ4v) is 2.80. The van der Waals surface area contributed by atoms with Crippen LogP contribution >= 0.6 is 11.8 Å². The summed E-state index contributed by atoms with van der Waals surface area (Å²) < 4.78 is 39.5. The molecule has 0 saturated heterocycles. The molecule has 0 aliphatic rings. The van der Waals surface area contributed by atoms with Gasteiger partial charge in [0.05, 0.1) is 0 Å². The summed E-state index contributed by atoms with van der Waals surface area (Å²) in [6.45, 7) is 3.43. The smallest absolute Gasteiger partial charge is 0.159 e. The Morgan fingerprint density at radius 2 is 1.81 bits per heavy atom. The van der Waals surface area contributed by atoms with E-state index in [0.717, 1.165) is 35.6 Å². The molecule has 1 N–H and O–H groups in total. The molecule has 0 spiro atoms. The van der Waals surface area contributed by atoms with Crippen LogP contribution in [0.5, 0.6) is 0 Å². The fraction of sp³-hybridized carbons (Fsp3) is 0.250. The molecule has 0 fully saturated rings. The van der Waals surface area contributed by atoms with Crippen molar-refractivity contribution in [2.24, 2.45) is 0 Å². The molecule has 21 heavy (non-hydrogen) atoms. The molecule has 0 saturated carbocycles. The minimum atomic E-state index is -0.882. The lowest BCUT2D eigenvalue weighted by atomic mass is 10.2. The van der Waals surface area contributed by atoms with E-state index in [2.05, 4.69) is 12.2 Å². The van der Waals surface area contributed by atoms with E-state index in [1.54, 1.807) is 6.07 Å². The van der Waals surface area contributed by atoms with E-state index in [1.165, 1.54) is 30.0 Å². The lowest BCUT2D eigenvalue weighted by Gasteiger charge is -2.10. The SMILES string of the molecule is CCCNCc1cc(F)ccc1Sc1ccc(F)c(F)c1. The highest BCUT2D eigenvalue weighted by Crippen LogP contribution is 2.31. The highest BCUT2D eigenvalue weighted by molar-refractivity contribution is 7.99. The van der Waals surface area contributed by atoms with E-state index in [9.17, 15) is 13.2 Å². The van der Waals surface area contributed by atoms with E-state index in [1.807, 2.05) is 0 Å². The molecule has 1 nitrogen and oxygen atoms in total. The van der Waals surface area contributed by atoms with Gasteiger partial charge in [-0.05, 0) is 54.9 Å². The summed E-state index contributed by atoms with van der Waals surface area (Å²) >= 11 is 1.29. The van der Waals surface area contributed by atoms with Gasteiger partial charge in [-0.25, -0.2) is 13.2 Å². The molecular weight excluding hydrogens is 295 g/mol. The van der Waals surface area contributed by atoms with Crippen LogP contribution in [0.3, 0.4) is 0 Å². The summed E-state index contributed by atoms with van der Waals surface area (Å²) in [5, 5.41) is 3.21. The third-order valence-corrected chi connectivity index (χ3v) is 3.99. The average molecular weight is 311 g/mol. The molecule has 112 valence electrons. The average Bonchev–Trinajstić information content (AvgIpc) is 2.46. The van der Waals surface area contributed by atoms with Gasteiger partial charge in [-0.2, -0.15) is 0 Å². The predicted octanol–water partition coefficient (Wildman–Crippen LogP) is 4.75. The van der Waals surface area contributed by atoms with Gasteiger partial charge in [-0.15, -0.1) is 0 Å². The van der Waals surface area contributed by atoms with Crippen molar-refractivity contribution >= 4 is 11.8 Å². The predicted molar refractivity (Wildman–Crippen MR) is 78.9 cm³/mol. The Morgan fingerprint density at radius 1 is 1.00 bits per heavy atom. The number of hydrogen-bond acceptors (Lipinski definition) is 2. The standard InChI is InChI=1S/C16H16F3NS/c1-2-7-20-10-11-8-12(17)3-6-16(11)21-13-4-5-14(18)15(19)9-13/h3-6,8-9,20H,2,7,10H2,1H3. The molecule has 0 aliphatic heterocycles. The first kappa shape index (κ1) is 15.9. The first-order chi connectivity index (χ1) is 10.1. The summed E-state index contributed by atoms with van der Waals surface area (Å²) in [7, 11) is 0. The molecule has 5 heteroatoms. The van der Waals surface area contributed by atoms with Gasteiger partial charge in [0.25, 0.3) is 0 Å². The molecule has 2 aromatic carbocycles. The van der Waals surface area contributed by atoms with Gasteiger partial charge in [0.2, 0.25) is 0 Å². The van der Waals surface area contributed by atoms with Crippen LogP contribution in [-0.2, 0) is 6.54 Å². The highest BCUT2D eigenvalue weighted by atomic mass is 32.2. The molecule has 0 heterocycles. The fourth-order valence-electron chi connectivity index (χ4n) is 1.85. The van der Waals surface area contributed by atoms with Crippen molar-refractivity contribution in [3.63, 3.8) is 0 Å². The van der Waals surface area contributed by atoms with Gasteiger partial charge < -0.3 is 5.32 Å². The van der Waals surface area contributed by atoms with Crippen molar-refractivity contribution in [3.8, 4) is 0 Å². The molecular formula is C16H16F3NS. The second-order valence-corrected chi connectivity index (χ2v) is 5.72. The molecule has 2 rings (SSSR count). The minimum absolute atomic E-state index is 0.307. The maximum Gasteiger partial charge on any atom is 0.159 e. The largest absolute Gasteiger partial charge is 0.313 e. The maximum atomic E-state index is 13.4.